The molecule has 1 N–H and O–H groups in total. The lowest BCUT2D eigenvalue weighted by molar-refractivity contribution is 0.413. The number of rotatable bonds is 5. The minimum absolute atomic E-state index is 0.774. The lowest BCUT2D eigenvalue weighted by Gasteiger charge is -2.09. The van der Waals surface area contributed by atoms with Gasteiger partial charge in [-0.05, 0) is 54.9 Å². The molecule has 0 atom stereocenters. The number of methoxy groups -OCH3 is 1. The Hall–Kier alpha value is -1.02. The summed E-state index contributed by atoms with van der Waals surface area (Å²) in [5, 5.41) is 3.56. The summed E-state index contributed by atoms with van der Waals surface area (Å²) in [6.07, 6.45) is 5.39. The van der Waals surface area contributed by atoms with Gasteiger partial charge in [0.15, 0.2) is 0 Å². The van der Waals surface area contributed by atoms with Crippen LogP contribution in [0, 0.1) is 0 Å². The zero-order valence-corrected chi connectivity index (χ0v) is 9.83. The van der Waals surface area contributed by atoms with Gasteiger partial charge >= 0.3 is 0 Å². The molecule has 86 valence electrons. The molecule has 0 bridgehead atoms. The molecule has 2 saturated carbocycles. The number of hydrogen-bond donors (Lipinski definition) is 1. The van der Waals surface area contributed by atoms with Crippen LogP contribution in [-0.4, -0.2) is 13.2 Å². The van der Waals surface area contributed by atoms with E-state index in [4.69, 9.17) is 4.74 Å². The molecule has 0 amide bonds. The molecule has 0 saturated heterocycles. The standard InChI is InChI=1S/C14H19NO/c1-16-14-7-10(9-15-13-4-5-13)6-12(8-14)11-2-3-11/h6-8,11,13,15H,2-5,9H2,1H3. The smallest absolute Gasteiger partial charge is 0.119 e. The largest absolute Gasteiger partial charge is 0.497 e. The van der Waals surface area contributed by atoms with E-state index in [2.05, 4.69) is 23.5 Å². The maximum Gasteiger partial charge on any atom is 0.119 e. The van der Waals surface area contributed by atoms with Crippen LogP contribution in [0.2, 0.25) is 0 Å². The fourth-order valence-electron chi connectivity index (χ4n) is 2.11. The van der Waals surface area contributed by atoms with Crippen molar-refractivity contribution >= 4 is 0 Å². The summed E-state index contributed by atoms with van der Waals surface area (Å²) in [6, 6.07) is 7.46. The molecule has 1 aromatic rings. The Bertz CT molecular complexity index is 380. The van der Waals surface area contributed by atoms with E-state index >= 15 is 0 Å². The number of ether oxygens (including phenoxy) is 1. The predicted octanol–water partition coefficient (Wildman–Crippen LogP) is 2.82. The van der Waals surface area contributed by atoms with Crippen LogP contribution in [0.25, 0.3) is 0 Å². The minimum Gasteiger partial charge on any atom is -0.497 e. The Morgan fingerprint density at radius 2 is 2.00 bits per heavy atom. The average molecular weight is 217 g/mol. The molecule has 3 rings (SSSR count). The molecule has 0 unspecified atom stereocenters. The first-order valence-electron chi connectivity index (χ1n) is 6.26. The van der Waals surface area contributed by atoms with Gasteiger partial charge in [0.1, 0.15) is 5.75 Å². The van der Waals surface area contributed by atoms with Crippen LogP contribution in [0.15, 0.2) is 18.2 Å². The number of hydrogen-bond acceptors (Lipinski definition) is 2. The molecule has 0 spiro atoms. The molecule has 0 radical (unpaired) electrons. The van der Waals surface area contributed by atoms with Crippen molar-refractivity contribution < 1.29 is 4.74 Å². The van der Waals surface area contributed by atoms with Crippen molar-refractivity contribution in [3.63, 3.8) is 0 Å². The molecule has 2 fully saturated rings. The van der Waals surface area contributed by atoms with Gasteiger partial charge in [0, 0.05) is 12.6 Å². The van der Waals surface area contributed by atoms with Crippen molar-refractivity contribution in [2.24, 2.45) is 0 Å². The SMILES string of the molecule is COc1cc(CNC2CC2)cc(C2CC2)c1. The minimum atomic E-state index is 0.774. The first-order valence-corrected chi connectivity index (χ1v) is 6.26. The Kier molecular flexibility index (Phi) is 2.60. The summed E-state index contributed by atoms with van der Waals surface area (Å²) < 4.78 is 5.37. The Labute approximate surface area is 97.0 Å². The van der Waals surface area contributed by atoms with Crippen LogP contribution in [0.3, 0.4) is 0 Å². The maximum atomic E-state index is 5.37. The van der Waals surface area contributed by atoms with Gasteiger partial charge in [-0.1, -0.05) is 6.07 Å². The quantitative estimate of drug-likeness (QED) is 0.819. The molecule has 1 aromatic carbocycles. The molecule has 2 heteroatoms. The van der Waals surface area contributed by atoms with Gasteiger partial charge in [0.2, 0.25) is 0 Å². The molecule has 2 aliphatic rings. The van der Waals surface area contributed by atoms with E-state index in [1.54, 1.807) is 7.11 Å². The molecule has 16 heavy (non-hydrogen) atoms. The molecule has 2 aliphatic carbocycles. The molecule has 0 heterocycles. The summed E-state index contributed by atoms with van der Waals surface area (Å²) in [4.78, 5) is 0. The highest BCUT2D eigenvalue weighted by Crippen LogP contribution is 2.41. The van der Waals surface area contributed by atoms with Crippen LogP contribution in [0.5, 0.6) is 5.75 Å². The Morgan fingerprint density at radius 1 is 1.19 bits per heavy atom. The van der Waals surface area contributed by atoms with Crippen LogP contribution in [0.1, 0.15) is 42.7 Å². The predicted molar refractivity (Wildman–Crippen MR) is 64.8 cm³/mol. The number of benzene rings is 1. The zero-order chi connectivity index (χ0) is 11.0. The van der Waals surface area contributed by atoms with E-state index in [9.17, 15) is 0 Å². The van der Waals surface area contributed by atoms with Crippen LogP contribution >= 0.6 is 0 Å². The van der Waals surface area contributed by atoms with Gasteiger partial charge < -0.3 is 10.1 Å². The fourth-order valence-corrected chi connectivity index (χ4v) is 2.11. The van der Waals surface area contributed by atoms with Gasteiger partial charge in [0.05, 0.1) is 7.11 Å². The van der Waals surface area contributed by atoms with Crippen LogP contribution < -0.4 is 10.1 Å². The van der Waals surface area contributed by atoms with E-state index in [-0.39, 0.29) is 0 Å². The van der Waals surface area contributed by atoms with Crippen molar-refractivity contribution in [2.75, 3.05) is 7.11 Å². The van der Waals surface area contributed by atoms with E-state index < -0.39 is 0 Å². The third-order valence-electron chi connectivity index (χ3n) is 3.45. The highest BCUT2D eigenvalue weighted by molar-refractivity contribution is 5.38. The average Bonchev–Trinajstić information content (AvgIpc) is 3.19. The first-order chi connectivity index (χ1) is 7.85. The first kappa shape index (κ1) is 10.2. The normalized spacial score (nSPS) is 19.8. The highest BCUT2D eigenvalue weighted by Gasteiger charge is 2.25. The zero-order valence-electron chi connectivity index (χ0n) is 9.83. The molecule has 0 aromatic heterocycles. The number of nitrogens with one attached hydrogen (secondary N) is 1. The third-order valence-corrected chi connectivity index (χ3v) is 3.45. The second-order valence-electron chi connectivity index (χ2n) is 5.04. The lowest BCUT2D eigenvalue weighted by atomic mass is 10.1. The fraction of sp³-hybridized carbons (Fsp3) is 0.571. The van der Waals surface area contributed by atoms with E-state index in [0.29, 0.717) is 0 Å². The van der Waals surface area contributed by atoms with Crippen molar-refractivity contribution in [1.82, 2.24) is 5.32 Å². The van der Waals surface area contributed by atoms with Crippen LogP contribution in [0.4, 0.5) is 0 Å². The summed E-state index contributed by atoms with van der Waals surface area (Å²) in [6.45, 7) is 0.988. The van der Waals surface area contributed by atoms with Crippen molar-refractivity contribution in [3.8, 4) is 5.75 Å². The Morgan fingerprint density at radius 3 is 2.62 bits per heavy atom. The molecular formula is C14H19NO. The topological polar surface area (TPSA) is 21.3 Å². The molecule has 2 nitrogen and oxygen atoms in total. The second kappa shape index (κ2) is 4.10. The van der Waals surface area contributed by atoms with Gasteiger partial charge in [0.25, 0.3) is 0 Å². The van der Waals surface area contributed by atoms with Gasteiger partial charge in [-0.2, -0.15) is 0 Å². The highest BCUT2D eigenvalue weighted by atomic mass is 16.5. The van der Waals surface area contributed by atoms with Gasteiger partial charge in [-0.15, -0.1) is 0 Å². The molecular weight excluding hydrogens is 198 g/mol. The third kappa shape index (κ3) is 2.38. The monoisotopic (exact) mass is 217 g/mol. The van der Waals surface area contributed by atoms with Crippen LogP contribution in [-0.2, 0) is 6.54 Å². The second-order valence-corrected chi connectivity index (χ2v) is 5.04. The summed E-state index contributed by atoms with van der Waals surface area (Å²) >= 11 is 0. The van der Waals surface area contributed by atoms with E-state index in [1.807, 2.05) is 0 Å². The lowest BCUT2D eigenvalue weighted by Crippen LogP contribution is -2.15. The summed E-state index contributed by atoms with van der Waals surface area (Å²) in [5.74, 6) is 1.81. The molecule has 0 aliphatic heterocycles. The van der Waals surface area contributed by atoms with Gasteiger partial charge in [-0.25, -0.2) is 0 Å². The van der Waals surface area contributed by atoms with E-state index in [0.717, 1.165) is 24.3 Å². The summed E-state index contributed by atoms with van der Waals surface area (Å²) in [5.41, 5.74) is 2.83. The van der Waals surface area contributed by atoms with Gasteiger partial charge in [-0.3, -0.25) is 0 Å². The Balaban J connectivity index is 1.75. The van der Waals surface area contributed by atoms with Crippen molar-refractivity contribution in [2.45, 2.75) is 44.2 Å². The summed E-state index contributed by atoms with van der Waals surface area (Å²) in [7, 11) is 1.75. The maximum absolute atomic E-state index is 5.37. The van der Waals surface area contributed by atoms with Crippen molar-refractivity contribution in [3.05, 3.63) is 29.3 Å². The van der Waals surface area contributed by atoms with Crippen molar-refractivity contribution in [1.29, 1.82) is 0 Å². The van der Waals surface area contributed by atoms with E-state index in [1.165, 1.54) is 36.8 Å².